The van der Waals surface area contributed by atoms with Crippen molar-refractivity contribution in [3.8, 4) is 5.75 Å². The SMILES string of the molecule is CCOC(=O)c1ncc(C(F)F)c(Br)c1OC. The maximum absolute atomic E-state index is 12.6. The molecule has 0 spiro atoms. The number of aromatic nitrogens is 1. The molecule has 0 aliphatic carbocycles. The van der Waals surface area contributed by atoms with E-state index in [1.54, 1.807) is 6.92 Å². The van der Waals surface area contributed by atoms with Crippen LogP contribution in [0.2, 0.25) is 0 Å². The van der Waals surface area contributed by atoms with E-state index in [0.717, 1.165) is 6.20 Å². The van der Waals surface area contributed by atoms with Gasteiger partial charge in [-0.05, 0) is 22.9 Å². The molecule has 0 aromatic carbocycles. The summed E-state index contributed by atoms with van der Waals surface area (Å²) in [5, 5.41) is 0. The third-order valence-electron chi connectivity index (χ3n) is 1.91. The Labute approximate surface area is 105 Å². The Hall–Kier alpha value is -1.24. The maximum atomic E-state index is 12.6. The predicted octanol–water partition coefficient (Wildman–Crippen LogP) is 2.97. The zero-order chi connectivity index (χ0) is 13.0. The van der Waals surface area contributed by atoms with Gasteiger partial charge in [-0.1, -0.05) is 0 Å². The van der Waals surface area contributed by atoms with Crippen LogP contribution in [0.4, 0.5) is 8.78 Å². The third kappa shape index (κ3) is 2.91. The van der Waals surface area contributed by atoms with Gasteiger partial charge in [0.2, 0.25) is 0 Å². The van der Waals surface area contributed by atoms with Gasteiger partial charge in [-0.2, -0.15) is 0 Å². The Morgan fingerprint density at radius 3 is 2.71 bits per heavy atom. The van der Waals surface area contributed by atoms with Crippen molar-refractivity contribution in [1.29, 1.82) is 0 Å². The van der Waals surface area contributed by atoms with Gasteiger partial charge in [0, 0.05) is 6.20 Å². The Kier molecular flexibility index (Phi) is 4.80. The second kappa shape index (κ2) is 5.90. The fourth-order valence-corrected chi connectivity index (χ4v) is 1.79. The largest absolute Gasteiger partial charge is 0.493 e. The van der Waals surface area contributed by atoms with Crippen molar-refractivity contribution in [2.45, 2.75) is 13.3 Å². The summed E-state index contributed by atoms with van der Waals surface area (Å²) in [7, 11) is 1.26. The molecule has 4 nitrogen and oxygen atoms in total. The highest BCUT2D eigenvalue weighted by Crippen LogP contribution is 2.36. The summed E-state index contributed by atoms with van der Waals surface area (Å²) in [5.74, 6) is -0.771. The first-order chi connectivity index (χ1) is 8.02. The average Bonchev–Trinajstić information content (AvgIpc) is 2.28. The molecule has 1 aromatic heterocycles. The second-order valence-electron chi connectivity index (χ2n) is 2.93. The summed E-state index contributed by atoms with van der Waals surface area (Å²) in [6.07, 6.45) is -1.79. The Balaban J connectivity index is 3.25. The van der Waals surface area contributed by atoms with E-state index >= 15 is 0 Å². The Morgan fingerprint density at radius 1 is 1.59 bits per heavy atom. The number of ether oxygens (including phenoxy) is 2. The molecule has 0 saturated carbocycles. The first-order valence-electron chi connectivity index (χ1n) is 4.70. The maximum Gasteiger partial charge on any atom is 0.360 e. The molecule has 0 unspecified atom stereocenters. The predicted molar refractivity (Wildman–Crippen MR) is 59.4 cm³/mol. The molecule has 0 saturated heterocycles. The number of alkyl halides is 2. The Morgan fingerprint density at radius 2 is 2.24 bits per heavy atom. The van der Waals surface area contributed by atoms with E-state index in [4.69, 9.17) is 9.47 Å². The van der Waals surface area contributed by atoms with Gasteiger partial charge < -0.3 is 9.47 Å². The number of hydrogen-bond acceptors (Lipinski definition) is 4. The van der Waals surface area contributed by atoms with E-state index in [1.807, 2.05) is 0 Å². The summed E-state index contributed by atoms with van der Waals surface area (Å²) in [6, 6.07) is 0. The minimum atomic E-state index is -2.71. The molecule has 0 aliphatic heterocycles. The van der Waals surface area contributed by atoms with E-state index in [0.29, 0.717) is 0 Å². The van der Waals surface area contributed by atoms with E-state index in [-0.39, 0.29) is 28.1 Å². The van der Waals surface area contributed by atoms with Gasteiger partial charge in [-0.25, -0.2) is 18.6 Å². The van der Waals surface area contributed by atoms with Crippen LogP contribution in [0, 0.1) is 0 Å². The second-order valence-corrected chi connectivity index (χ2v) is 3.72. The zero-order valence-electron chi connectivity index (χ0n) is 9.17. The molecular weight excluding hydrogens is 300 g/mol. The molecule has 1 rings (SSSR count). The minimum Gasteiger partial charge on any atom is -0.493 e. The van der Waals surface area contributed by atoms with Crippen molar-refractivity contribution in [2.24, 2.45) is 0 Å². The fraction of sp³-hybridized carbons (Fsp3) is 0.400. The van der Waals surface area contributed by atoms with Gasteiger partial charge in [0.25, 0.3) is 6.43 Å². The number of halogens is 3. The van der Waals surface area contributed by atoms with Crippen LogP contribution in [0.1, 0.15) is 29.4 Å². The number of carbonyl (C=O) groups is 1. The van der Waals surface area contributed by atoms with Crippen molar-refractivity contribution in [3.63, 3.8) is 0 Å². The summed E-state index contributed by atoms with van der Waals surface area (Å²) in [5.41, 5.74) is -0.472. The van der Waals surface area contributed by atoms with Crippen LogP contribution >= 0.6 is 15.9 Å². The quantitative estimate of drug-likeness (QED) is 0.802. The molecule has 94 valence electrons. The van der Waals surface area contributed by atoms with Crippen LogP contribution in [0.3, 0.4) is 0 Å². The number of rotatable bonds is 4. The highest BCUT2D eigenvalue weighted by Gasteiger charge is 2.23. The molecule has 1 aromatic rings. The number of nitrogens with zero attached hydrogens (tertiary/aromatic N) is 1. The molecule has 0 fully saturated rings. The lowest BCUT2D eigenvalue weighted by atomic mass is 10.2. The average molecular weight is 310 g/mol. The molecule has 0 aliphatic rings. The van der Waals surface area contributed by atoms with Gasteiger partial charge in [-0.3, -0.25) is 0 Å². The standard InChI is InChI=1S/C10H10BrF2NO3/c1-3-17-10(15)7-8(16-2)6(11)5(4-14-7)9(12)13/h4,9H,3H2,1-2H3. The van der Waals surface area contributed by atoms with Crippen molar-refractivity contribution in [2.75, 3.05) is 13.7 Å². The molecule has 7 heteroatoms. The summed E-state index contributed by atoms with van der Waals surface area (Å²) in [4.78, 5) is 15.1. The molecule has 1 heterocycles. The minimum absolute atomic E-state index is 0.00746. The van der Waals surface area contributed by atoms with Crippen LogP contribution in [0.15, 0.2) is 10.7 Å². The van der Waals surface area contributed by atoms with Gasteiger partial charge in [0.1, 0.15) is 0 Å². The lowest BCUT2D eigenvalue weighted by molar-refractivity contribution is 0.0514. The van der Waals surface area contributed by atoms with Crippen LogP contribution in [-0.4, -0.2) is 24.7 Å². The van der Waals surface area contributed by atoms with Crippen LogP contribution < -0.4 is 4.74 Å². The van der Waals surface area contributed by atoms with Crippen molar-refractivity contribution in [1.82, 2.24) is 4.98 Å². The fourth-order valence-electron chi connectivity index (χ4n) is 1.17. The molecule has 0 bridgehead atoms. The number of hydrogen-bond donors (Lipinski definition) is 0. The number of esters is 1. The highest BCUT2D eigenvalue weighted by molar-refractivity contribution is 9.10. The third-order valence-corrected chi connectivity index (χ3v) is 2.73. The number of methoxy groups -OCH3 is 1. The molecular formula is C10H10BrF2NO3. The molecule has 0 N–H and O–H groups in total. The number of carbonyl (C=O) groups excluding carboxylic acids is 1. The highest BCUT2D eigenvalue weighted by atomic mass is 79.9. The lowest BCUT2D eigenvalue weighted by Gasteiger charge is -2.11. The number of pyridine rings is 1. The first-order valence-corrected chi connectivity index (χ1v) is 5.49. The van der Waals surface area contributed by atoms with Crippen molar-refractivity contribution < 1.29 is 23.0 Å². The van der Waals surface area contributed by atoms with Crippen molar-refractivity contribution >= 4 is 21.9 Å². The van der Waals surface area contributed by atoms with Gasteiger partial charge in [0.05, 0.1) is 23.8 Å². The Bertz CT molecular complexity index is 426. The van der Waals surface area contributed by atoms with Crippen LogP contribution in [0.25, 0.3) is 0 Å². The van der Waals surface area contributed by atoms with E-state index in [9.17, 15) is 13.6 Å². The van der Waals surface area contributed by atoms with E-state index < -0.39 is 12.4 Å². The molecule has 0 radical (unpaired) electrons. The molecule has 0 atom stereocenters. The summed E-state index contributed by atoms with van der Waals surface area (Å²) in [6.45, 7) is 1.80. The monoisotopic (exact) mass is 309 g/mol. The normalized spacial score (nSPS) is 10.5. The molecule has 17 heavy (non-hydrogen) atoms. The van der Waals surface area contributed by atoms with Gasteiger partial charge in [-0.15, -0.1) is 0 Å². The summed E-state index contributed by atoms with van der Waals surface area (Å²) >= 11 is 2.96. The smallest absolute Gasteiger partial charge is 0.360 e. The van der Waals surface area contributed by atoms with Gasteiger partial charge in [0.15, 0.2) is 11.4 Å². The van der Waals surface area contributed by atoms with Gasteiger partial charge >= 0.3 is 5.97 Å². The van der Waals surface area contributed by atoms with E-state index in [1.165, 1.54) is 7.11 Å². The zero-order valence-corrected chi connectivity index (χ0v) is 10.8. The summed E-state index contributed by atoms with van der Waals surface area (Å²) < 4.78 is 34.8. The topological polar surface area (TPSA) is 48.4 Å². The van der Waals surface area contributed by atoms with E-state index in [2.05, 4.69) is 20.9 Å². The van der Waals surface area contributed by atoms with Crippen LogP contribution in [0.5, 0.6) is 5.75 Å². The first kappa shape index (κ1) is 13.8. The lowest BCUT2D eigenvalue weighted by Crippen LogP contribution is -2.10. The van der Waals surface area contributed by atoms with Crippen LogP contribution in [-0.2, 0) is 4.74 Å². The molecule has 0 amide bonds. The van der Waals surface area contributed by atoms with Crippen molar-refractivity contribution in [3.05, 3.63) is 21.9 Å².